The van der Waals surface area contributed by atoms with E-state index < -0.39 is 11.0 Å². The molecule has 24 heavy (non-hydrogen) atoms. The molecule has 1 unspecified atom stereocenters. The number of hydrogen-bond acceptors (Lipinski definition) is 3. The zero-order valence-electron chi connectivity index (χ0n) is 14.5. The molecule has 0 saturated heterocycles. The lowest BCUT2D eigenvalue weighted by Crippen LogP contribution is -2.48. The van der Waals surface area contributed by atoms with Gasteiger partial charge in [-0.05, 0) is 31.5 Å². The Bertz CT molecular complexity index is 797. The minimum Gasteiger partial charge on any atom is -0.508 e. The number of rotatable bonds is 0. The molecule has 1 atom stereocenters. The number of nitrogens with one attached hydrogen (secondary N) is 1. The largest absolute Gasteiger partial charge is 0.508 e. The van der Waals surface area contributed by atoms with Crippen LogP contribution in [0, 0.1) is 0 Å². The number of ether oxygens (including phenoxy) is 1. The molecule has 1 amide bonds. The van der Waals surface area contributed by atoms with Gasteiger partial charge in [0.15, 0.2) is 0 Å². The lowest BCUT2D eigenvalue weighted by Gasteiger charge is -2.43. The first-order chi connectivity index (χ1) is 11.4. The highest BCUT2D eigenvalue weighted by Crippen LogP contribution is 2.54. The van der Waals surface area contributed by atoms with Crippen molar-refractivity contribution in [3.05, 3.63) is 53.6 Å². The first-order valence-corrected chi connectivity index (χ1v) is 8.36. The van der Waals surface area contributed by atoms with E-state index in [2.05, 4.69) is 5.32 Å². The molecule has 0 aliphatic carbocycles. The van der Waals surface area contributed by atoms with Crippen LogP contribution in [0.3, 0.4) is 0 Å². The fourth-order valence-corrected chi connectivity index (χ4v) is 3.77. The molecular weight excluding hydrogens is 302 g/mol. The highest BCUT2D eigenvalue weighted by atomic mass is 16.5. The Morgan fingerprint density at radius 1 is 1.08 bits per heavy atom. The molecule has 0 fully saturated rings. The van der Waals surface area contributed by atoms with Crippen LogP contribution in [-0.4, -0.2) is 16.6 Å². The zero-order chi connectivity index (χ0) is 17.5. The summed E-state index contributed by atoms with van der Waals surface area (Å²) in [6.07, 6.45) is 0.556. The van der Waals surface area contributed by atoms with Gasteiger partial charge in [0, 0.05) is 23.7 Å². The molecule has 4 nitrogen and oxygen atoms in total. The lowest BCUT2D eigenvalue weighted by molar-refractivity contribution is -0.122. The number of carbonyl (C=O) groups is 1. The summed E-state index contributed by atoms with van der Waals surface area (Å²) in [4.78, 5) is 12.9. The van der Waals surface area contributed by atoms with E-state index in [4.69, 9.17) is 4.74 Å². The Morgan fingerprint density at radius 2 is 1.79 bits per heavy atom. The number of phenolic OH excluding ortho intramolecular Hbond substituents is 1. The highest BCUT2D eigenvalue weighted by Gasteiger charge is 2.55. The summed E-state index contributed by atoms with van der Waals surface area (Å²) in [7, 11) is 0. The number of para-hydroxylation sites is 1. The van der Waals surface area contributed by atoms with Gasteiger partial charge >= 0.3 is 0 Å². The van der Waals surface area contributed by atoms with Crippen molar-refractivity contribution in [1.82, 2.24) is 0 Å². The molecule has 0 saturated carbocycles. The third-order valence-electron chi connectivity index (χ3n) is 4.52. The SMILES string of the molecule is CC.CC1(C)CC2(C(=O)Nc3ccccc32)c2ccc(O)cc2O1. The summed E-state index contributed by atoms with van der Waals surface area (Å²) in [6, 6.07) is 12.8. The maximum atomic E-state index is 12.9. The summed E-state index contributed by atoms with van der Waals surface area (Å²) in [6.45, 7) is 7.94. The standard InChI is InChI=1S/C18H17NO3.C2H6/c1-17(2)10-18(13-8-7-11(20)9-15(13)22-17)12-5-3-4-6-14(12)19-16(18)21;1-2/h3-9,20H,10H2,1-2H3,(H,19,21);1-2H3. The molecule has 2 aromatic carbocycles. The third kappa shape index (κ3) is 2.25. The quantitative estimate of drug-likeness (QED) is 0.762. The van der Waals surface area contributed by atoms with E-state index in [0.29, 0.717) is 12.2 Å². The van der Waals surface area contributed by atoms with Gasteiger partial charge in [0.25, 0.3) is 0 Å². The fourth-order valence-electron chi connectivity index (χ4n) is 3.77. The van der Waals surface area contributed by atoms with Crippen LogP contribution in [0.4, 0.5) is 5.69 Å². The van der Waals surface area contributed by atoms with Gasteiger partial charge in [-0.25, -0.2) is 0 Å². The van der Waals surface area contributed by atoms with E-state index >= 15 is 0 Å². The van der Waals surface area contributed by atoms with E-state index in [9.17, 15) is 9.90 Å². The molecule has 2 aromatic rings. The van der Waals surface area contributed by atoms with Crippen LogP contribution in [0.1, 0.15) is 45.2 Å². The summed E-state index contributed by atoms with van der Waals surface area (Å²) >= 11 is 0. The van der Waals surface area contributed by atoms with E-state index in [1.165, 1.54) is 0 Å². The van der Waals surface area contributed by atoms with Crippen molar-refractivity contribution in [2.45, 2.75) is 45.1 Å². The van der Waals surface area contributed by atoms with Crippen LogP contribution in [0.25, 0.3) is 0 Å². The molecule has 2 aliphatic heterocycles. The number of carbonyl (C=O) groups excluding carboxylic acids is 1. The van der Waals surface area contributed by atoms with Crippen molar-refractivity contribution in [2.75, 3.05) is 5.32 Å². The number of hydrogen-bond donors (Lipinski definition) is 2. The van der Waals surface area contributed by atoms with Gasteiger partial charge in [-0.15, -0.1) is 0 Å². The van der Waals surface area contributed by atoms with E-state index in [1.54, 1.807) is 18.2 Å². The van der Waals surface area contributed by atoms with Crippen molar-refractivity contribution in [3.63, 3.8) is 0 Å². The minimum atomic E-state index is -0.763. The van der Waals surface area contributed by atoms with Gasteiger partial charge in [0.05, 0.1) is 0 Å². The minimum absolute atomic E-state index is 0.0305. The van der Waals surface area contributed by atoms with Gasteiger partial charge in [-0.3, -0.25) is 4.79 Å². The Balaban J connectivity index is 0.000000815. The molecule has 4 heteroatoms. The Hall–Kier alpha value is -2.49. The normalized spacial score (nSPS) is 22.6. The average molecular weight is 325 g/mol. The predicted molar refractivity (Wildman–Crippen MR) is 94.6 cm³/mol. The molecule has 0 radical (unpaired) electrons. The molecule has 0 aromatic heterocycles. The van der Waals surface area contributed by atoms with Crippen molar-refractivity contribution < 1.29 is 14.6 Å². The zero-order valence-corrected chi connectivity index (χ0v) is 14.5. The number of fused-ring (bicyclic) bond motifs is 4. The molecular formula is C20H23NO3. The smallest absolute Gasteiger partial charge is 0.239 e. The summed E-state index contributed by atoms with van der Waals surface area (Å²) in [5.74, 6) is 0.679. The van der Waals surface area contributed by atoms with Gasteiger partial charge in [-0.1, -0.05) is 38.1 Å². The fraction of sp³-hybridized carbons (Fsp3) is 0.350. The molecule has 4 rings (SSSR count). The van der Waals surface area contributed by atoms with Gasteiger partial charge in [0.2, 0.25) is 5.91 Å². The highest BCUT2D eigenvalue weighted by molar-refractivity contribution is 6.09. The number of benzene rings is 2. The monoisotopic (exact) mass is 325 g/mol. The molecule has 1 spiro atoms. The molecule has 2 N–H and O–H groups in total. The molecule has 2 heterocycles. The van der Waals surface area contributed by atoms with Crippen molar-refractivity contribution in [1.29, 1.82) is 0 Å². The predicted octanol–water partition coefficient (Wildman–Crippen LogP) is 4.22. The second-order valence-electron chi connectivity index (χ2n) is 6.62. The van der Waals surface area contributed by atoms with E-state index in [1.807, 2.05) is 52.0 Å². The average Bonchev–Trinajstić information content (AvgIpc) is 2.81. The molecule has 0 bridgehead atoms. The van der Waals surface area contributed by atoms with Crippen LogP contribution >= 0.6 is 0 Å². The van der Waals surface area contributed by atoms with Gasteiger partial charge < -0.3 is 15.2 Å². The summed E-state index contributed by atoms with van der Waals surface area (Å²) in [5, 5.41) is 12.8. The van der Waals surface area contributed by atoms with E-state index in [0.717, 1.165) is 16.8 Å². The number of phenols is 1. The number of amides is 1. The number of anilines is 1. The van der Waals surface area contributed by atoms with Crippen LogP contribution in [0.2, 0.25) is 0 Å². The van der Waals surface area contributed by atoms with Crippen LogP contribution < -0.4 is 10.1 Å². The Labute approximate surface area is 142 Å². The summed E-state index contributed by atoms with van der Waals surface area (Å²) < 4.78 is 6.01. The van der Waals surface area contributed by atoms with Crippen LogP contribution in [0.5, 0.6) is 11.5 Å². The second-order valence-corrected chi connectivity index (χ2v) is 6.62. The summed E-state index contributed by atoms with van der Waals surface area (Å²) in [5.41, 5.74) is 1.37. The Kier molecular flexibility index (Phi) is 3.78. The van der Waals surface area contributed by atoms with Crippen molar-refractivity contribution in [3.8, 4) is 11.5 Å². The topological polar surface area (TPSA) is 58.6 Å². The Morgan fingerprint density at radius 3 is 2.54 bits per heavy atom. The van der Waals surface area contributed by atoms with Crippen molar-refractivity contribution >= 4 is 11.6 Å². The van der Waals surface area contributed by atoms with Crippen molar-refractivity contribution in [2.24, 2.45) is 0 Å². The maximum absolute atomic E-state index is 12.9. The number of aromatic hydroxyl groups is 1. The maximum Gasteiger partial charge on any atom is 0.239 e. The first kappa shape index (κ1) is 16.4. The molecule has 2 aliphatic rings. The second kappa shape index (κ2) is 5.55. The third-order valence-corrected chi connectivity index (χ3v) is 4.52. The lowest BCUT2D eigenvalue weighted by atomic mass is 9.67. The van der Waals surface area contributed by atoms with Crippen LogP contribution in [-0.2, 0) is 10.2 Å². The van der Waals surface area contributed by atoms with Gasteiger partial charge in [-0.2, -0.15) is 0 Å². The van der Waals surface area contributed by atoms with Crippen LogP contribution in [0.15, 0.2) is 42.5 Å². The van der Waals surface area contributed by atoms with Gasteiger partial charge in [0.1, 0.15) is 22.5 Å². The van der Waals surface area contributed by atoms with E-state index in [-0.39, 0.29) is 11.7 Å². The molecule has 126 valence electrons. The first-order valence-electron chi connectivity index (χ1n) is 8.36.